The first-order valence-electron chi connectivity index (χ1n) is 9.61. The number of hydrogen-bond donors (Lipinski definition) is 2. The maximum absolute atomic E-state index is 12.1. The van der Waals surface area contributed by atoms with Crippen LogP contribution >= 0.6 is 0 Å². The fourth-order valence-electron chi connectivity index (χ4n) is 3.89. The summed E-state index contributed by atoms with van der Waals surface area (Å²) in [5.74, 6) is 2.38. The molecule has 0 aromatic heterocycles. The minimum absolute atomic E-state index is 0.221. The van der Waals surface area contributed by atoms with E-state index in [-0.39, 0.29) is 5.91 Å². The lowest BCUT2D eigenvalue weighted by Crippen LogP contribution is -2.32. The smallest absolute Gasteiger partial charge is 0.220 e. The van der Waals surface area contributed by atoms with Gasteiger partial charge in [-0.25, -0.2) is 0 Å². The molecule has 2 N–H and O–H groups in total. The number of rotatable bonds is 7. The van der Waals surface area contributed by atoms with Gasteiger partial charge in [-0.05, 0) is 62.7 Å². The second-order valence-electron chi connectivity index (χ2n) is 7.34. The van der Waals surface area contributed by atoms with Gasteiger partial charge in [-0.3, -0.25) is 4.79 Å². The van der Waals surface area contributed by atoms with E-state index in [2.05, 4.69) is 27.7 Å². The molecule has 1 aromatic carbocycles. The van der Waals surface area contributed by atoms with Gasteiger partial charge in [0.25, 0.3) is 0 Å². The second kappa shape index (κ2) is 9.09. The number of ether oxygens (including phenoxy) is 1. The molecule has 0 spiro atoms. The highest BCUT2D eigenvalue weighted by Crippen LogP contribution is 2.26. The summed E-state index contributed by atoms with van der Waals surface area (Å²) in [7, 11) is 1.70. The van der Waals surface area contributed by atoms with E-state index >= 15 is 0 Å². The number of piperidine rings is 1. The van der Waals surface area contributed by atoms with E-state index in [4.69, 9.17) is 4.74 Å². The molecule has 1 unspecified atom stereocenters. The van der Waals surface area contributed by atoms with Gasteiger partial charge in [0.15, 0.2) is 0 Å². The van der Waals surface area contributed by atoms with Gasteiger partial charge in [-0.1, -0.05) is 6.07 Å². The number of anilines is 1. The third kappa shape index (κ3) is 5.36. The van der Waals surface area contributed by atoms with Crippen molar-refractivity contribution in [1.82, 2.24) is 10.6 Å². The lowest BCUT2D eigenvalue weighted by Gasteiger charge is -2.22. The van der Waals surface area contributed by atoms with Crippen molar-refractivity contribution < 1.29 is 9.53 Å². The van der Waals surface area contributed by atoms with Crippen LogP contribution in [-0.4, -0.2) is 45.7 Å². The Morgan fingerprint density at radius 1 is 1.28 bits per heavy atom. The minimum atomic E-state index is 0.221. The fourth-order valence-corrected chi connectivity index (χ4v) is 3.89. The number of benzene rings is 1. The van der Waals surface area contributed by atoms with Gasteiger partial charge in [-0.2, -0.15) is 0 Å². The summed E-state index contributed by atoms with van der Waals surface area (Å²) in [5.41, 5.74) is 1.21. The lowest BCUT2D eigenvalue weighted by atomic mass is 9.93. The van der Waals surface area contributed by atoms with Crippen LogP contribution < -0.4 is 20.3 Å². The van der Waals surface area contributed by atoms with Crippen molar-refractivity contribution >= 4 is 11.6 Å². The van der Waals surface area contributed by atoms with Gasteiger partial charge in [0.1, 0.15) is 5.75 Å². The van der Waals surface area contributed by atoms with Gasteiger partial charge in [0.05, 0.1) is 7.11 Å². The third-order valence-electron chi connectivity index (χ3n) is 5.53. The SMILES string of the molecule is COc1cccc(N2CCC(CNC(=O)CCC3CCNCC3)C2)c1. The molecule has 5 heteroatoms. The predicted octanol–water partition coefficient (Wildman–Crippen LogP) is 2.42. The van der Waals surface area contributed by atoms with Crippen LogP contribution in [0.3, 0.4) is 0 Å². The molecule has 0 saturated carbocycles. The largest absolute Gasteiger partial charge is 0.497 e. The molecule has 1 amide bonds. The van der Waals surface area contributed by atoms with Crippen molar-refractivity contribution in [2.45, 2.75) is 32.1 Å². The summed E-state index contributed by atoms with van der Waals surface area (Å²) in [6.45, 7) is 5.05. The maximum Gasteiger partial charge on any atom is 0.220 e. The molecule has 1 atom stereocenters. The molecule has 2 aliphatic heterocycles. The van der Waals surface area contributed by atoms with Crippen molar-refractivity contribution in [3.05, 3.63) is 24.3 Å². The molecule has 2 fully saturated rings. The van der Waals surface area contributed by atoms with Gasteiger partial charge >= 0.3 is 0 Å². The Labute approximate surface area is 151 Å². The van der Waals surface area contributed by atoms with E-state index in [9.17, 15) is 4.79 Å². The van der Waals surface area contributed by atoms with E-state index in [0.29, 0.717) is 12.3 Å². The number of nitrogens with zero attached hydrogens (tertiary/aromatic N) is 1. The Morgan fingerprint density at radius 3 is 2.92 bits per heavy atom. The summed E-state index contributed by atoms with van der Waals surface area (Å²) in [4.78, 5) is 14.5. The number of hydrogen-bond acceptors (Lipinski definition) is 4. The van der Waals surface area contributed by atoms with Crippen LogP contribution in [0.25, 0.3) is 0 Å². The molecule has 138 valence electrons. The number of nitrogens with one attached hydrogen (secondary N) is 2. The molecule has 0 bridgehead atoms. The molecule has 2 heterocycles. The van der Waals surface area contributed by atoms with Crippen LogP contribution in [0.2, 0.25) is 0 Å². The normalized spacial score (nSPS) is 21.3. The first-order chi connectivity index (χ1) is 12.2. The van der Waals surface area contributed by atoms with Crippen LogP contribution in [0.1, 0.15) is 32.1 Å². The zero-order valence-corrected chi connectivity index (χ0v) is 15.3. The van der Waals surface area contributed by atoms with Crippen LogP contribution in [0, 0.1) is 11.8 Å². The Balaban J connectivity index is 1.37. The average molecular weight is 345 g/mol. The average Bonchev–Trinajstić information content (AvgIpc) is 3.15. The summed E-state index contributed by atoms with van der Waals surface area (Å²) >= 11 is 0. The molecule has 25 heavy (non-hydrogen) atoms. The predicted molar refractivity (Wildman–Crippen MR) is 101 cm³/mol. The number of methoxy groups -OCH3 is 1. The van der Waals surface area contributed by atoms with Crippen LogP contribution in [0.4, 0.5) is 5.69 Å². The van der Waals surface area contributed by atoms with E-state index < -0.39 is 0 Å². The number of carbonyl (C=O) groups is 1. The maximum atomic E-state index is 12.1. The minimum Gasteiger partial charge on any atom is -0.497 e. The topological polar surface area (TPSA) is 53.6 Å². The van der Waals surface area contributed by atoms with Gasteiger partial charge in [-0.15, -0.1) is 0 Å². The monoisotopic (exact) mass is 345 g/mol. The molecule has 2 aliphatic rings. The van der Waals surface area contributed by atoms with E-state index in [1.807, 2.05) is 12.1 Å². The van der Waals surface area contributed by atoms with Gasteiger partial charge < -0.3 is 20.3 Å². The van der Waals surface area contributed by atoms with Crippen LogP contribution in [0.15, 0.2) is 24.3 Å². The van der Waals surface area contributed by atoms with Gasteiger partial charge in [0.2, 0.25) is 5.91 Å². The Kier molecular flexibility index (Phi) is 6.56. The first kappa shape index (κ1) is 18.1. The molecule has 3 rings (SSSR count). The summed E-state index contributed by atoms with van der Waals surface area (Å²) in [6.07, 6.45) is 5.27. The van der Waals surface area contributed by atoms with Crippen molar-refractivity contribution in [2.75, 3.05) is 44.7 Å². The third-order valence-corrected chi connectivity index (χ3v) is 5.53. The van der Waals surface area contributed by atoms with Crippen molar-refractivity contribution in [1.29, 1.82) is 0 Å². The molecular formula is C20H31N3O2. The van der Waals surface area contributed by atoms with Crippen LogP contribution in [-0.2, 0) is 4.79 Å². The van der Waals surface area contributed by atoms with Crippen molar-refractivity contribution in [3.63, 3.8) is 0 Å². The summed E-state index contributed by atoms with van der Waals surface area (Å²) in [6, 6.07) is 8.21. The molecule has 0 radical (unpaired) electrons. The Morgan fingerprint density at radius 2 is 2.12 bits per heavy atom. The zero-order valence-electron chi connectivity index (χ0n) is 15.3. The van der Waals surface area contributed by atoms with E-state index in [1.54, 1.807) is 7.11 Å². The molecule has 0 aliphatic carbocycles. The van der Waals surface area contributed by atoms with E-state index in [1.165, 1.54) is 18.5 Å². The van der Waals surface area contributed by atoms with Crippen molar-refractivity contribution in [2.24, 2.45) is 11.8 Å². The Bertz CT molecular complexity index is 558. The fraction of sp³-hybridized carbons (Fsp3) is 0.650. The molecule has 2 saturated heterocycles. The zero-order chi connectivity index (χ0) is 17.5. The molecular weight excluding hydrogens is 314 g/mol. The van der Waals surface area contributed by atoms with Gasteiger partial charge in [0, 0.05) is 37.8 Å². The highest BCUT2D eigenvalue weighted by Gasteiger charge is 2.23. The Hall–Kier alpha value is -1.75. The highest BCUT2D eigenvalue weighted by atomic mass is 16.5. The highest BCUT2D eigenvalue weighted by molar-refractivity contribution is 5.75. The summed E-state index contributed by atoms with van der Waals surface area (Å²) in [5, 5.41) is 6.53. The quantitative estimate of drug-likeness (QED) is 0.797. The first-order valence-corrected chi connectivity index (χ1v) is 9.61. The number of carbonyl (C=O) groups excluding carboxylic acids is 1. The lowest BCUT2D eigenvalue weighted by molar-refractivity contribution is -0.121. The standard InChI is InChI=1S/C20H31N3O2/c1-25-19-4-2-3-18(13-19)23-12-9-17(15-23)14-22-20(24)6-5-16-7-10-21-11-8-16/h2-4,13,16-17,21H,5-12,14-15H2,1H3,(H,22,24). The van der Waals surface area contributed by atoms with E-state index in [0.717, 1.165) is 57.2 Å². The van der Waals surface area contributed by atoms with Crippen LogP contribution in [0.5, 0.6) is 5.75 Å². The summed E-state index contributed by atoms with van der Waals surface area (Å²) < 4.78 is 5.31. The van der Waals surface area contributed by atoms with Crippen molar-refractivity contribution in [3.8, 4) is 5.75 Å². The molecule has 1 aromatic rings. The second-order valence-corrected chi connectivity index (χ2v) is 7.34. The number of amides is 1. The molecule has 5 nitrogen and oxygen atoms in total.